The van der Waals surface area contributed by atoms with Gasteiger partial charge in [-0.3, -0.25) is 9.59 Å². The summed E-state index contributed by atoms with van der Waals surface area (Å²) in [4.78, 5) is 26.3. The van der Waals surface area contributed by atoms with Gasteiger partial charge in [0.25, 0.3) is 5.56 Å². The van der Waals surface area contributed by atoms with Crippen LogP contribution in [0.15, 0.2) is 65.1 Å². The van der Waals surface area contributed by atoms with Gasteiger partial charge in [0.1, 0.15) is 11.6 Å². The Labute approximate surface area is 202 Å². The Balaban J connectivity index is 1.24. The number of amides is 1. The number of carbonyl (C=O) groups excluding carboxylic acids is 1. The van der Waals surface area contributed by atoms with Crippen LogP contribution in [-0.4, -0.2) is 10.5 Å². The lowest BCUT2D eigenvalue weighted by molar-refractivity contribution is -0.121. The number of rotatable bonds is 5. The molecule has 4 aliphatic rings. The number of fused-ring (bicyclic) bond motifs is 1. The van der Waals surface area contributed by atoms with Crippen LogP contribution in [0.25, 0.3) is 10.8 Å². The lowest BCUT2D eigenvalue weighted by Gasteiger charge is -2.57. The van der Waals surface area contributed by atoms with Gasteiger partial charge < -0.3 is 9.88 Å². The molecular formula is C29H28F2N2O2. The van der Waals surface area contributed by atoms with E-state index in [-0.39, 0.29) is 34.4 Å². The van der Waals surface area contributed by atoms with Gasteiger partial charge in [-0.1, -0.05) is 30.7 Å². The van der Waals surface area contributed by atoms with Crippen molar-refractivity contribution >= 4 is 22.4 Å². The molecule has 3 atom stereocenters. The molecule has 1 aromatic heterocycles. The van der Waals surface area contributed by atoms with Crippen molar-refractivity contribution < 1.29 is 13.6 Å². The second kappa shape index (κ2) is 7.87. The van der Waals surface area contributed by atoms with Crippen LogP contribution < -0.4 is 10.9 Å². The summed E-state index contributed by atoms with van der Waals surface area (Å²) in [6.07, 6.45) is 10.2. The topological polar surface area (TPSA) is 51.1 Å². The maximum Gasteiger partial charge on any atom is 0.258 e. The number of pyridine rings is 1. The first-order chi connectivity index (χ1) is 16.7. The van der Waals surface area contributed by atoms with Crippen molar-refractivity contribution in [1.29, 1.82) is 0 Å². The summed E-state index contributed by atoms with van der Waals surface area (Å²) in [5, 5.41) is 4.18. The smallest absolute Gasteiger partial charge is 0.258 e. The second-order valence-corrected chi connectivity index (χ2v) is 11.3. The molecule has 3 unspecified atom stereocenters. The first-order valence-corrected chi connectivity index (χ1v) is 12.3. The Morgan fingerprint density at radius 1 is 1.14 bits per heavy atom. The normalized spacial score (nSPS) is 26.7. The molecule has 3 aromatic rings. The number of allylic oxidation sites excluding steroid dienone is 2. The van der Waals surface area contributed by atoms with Crippen molar-refractivity contribution in [3.05, 3.63) is 87.9 Å². The molecule has 0 saturated heterocycles. The van der Waals surface area contributed by atoms with E-state index >= 15 is 0 Å². The fourth-order valence-corrected chi connectivity index (χ4v) is 7.38. The quantitative estimate of drug-likeness (QED) is 0.449. The van der Waals surface area contributed by atoms with Crippen LogP contribution in [-0.2, 0) is 11.3 Å². The molecule has 0 aliphatic heterocycles. The number of benzene rings is 2. The zero-order chi connectivity index (χ0) is 24.4. The third-order valence-corrected chi connectivity index (χ3v) is 8.15. The SMILES string of the molecule is CC12C=C3CC(C1)CC(CC(=O)Nc1cccc4c(=O)n(Cc5ccc(F)cc5F)ccc14)(C3)C2. The minimum absolute atomic E-state index is 0.00419. The average Bonchev–Trinajstić information content (AvgIpc) is 2.75. The number of hydrogen-bond acceptors (Lipinski definition) is 2. The van der Waals surface area contributed by atoms with Gasteiger partial charge >= 0.3 is 0 Å². The van der Waals surface area contributed by atoms with E-state index in [4.69, 9.17) is 0 Å². The minimum Gasteiger partial charge on any atom is -0.325 e. The summed E-state index contributed by atoms with van der Waals surface area (Å²) in [5.74, 6) is -0.664. The van der Waals surface area contributed by atoms with Gasteiger partial charge in [0.2, 0.25) is 5.91 Å². The van der Waals surface area contributed by atoms with Crippen LogP contribution in [0.2, 0.25) is 0 Å². The molecule has 35 heavy (non-hydrogen) atoms. The first kappa shape index (κ1) is 22.2. The molecule has 7 rings (SSSR count). The highest BCUT2D eigenvalue weighted by Gasteiger charge is 2.52. The third kappa shape index (κ3) is 3.99. The number of hydrogen-bond donors (Lipinski definition) is 1. The number of aromatic nitrogens is 1. The second-order valence-electron chi connectivity index (χ2n) is 11.3. The first-order valence-electron chi connectivity index (χ1n) is 12.3. The van der Waals surface area contributed by atoms with E-state index in [9.17, 15) is 18.4 Å². The summed E-state index contributed by atoms with van der Waals surface area (Å²) in [6, 6.07) is 10.4. The van der Waals surface area contributed by atoms with Gasteiger partial charge in [0.15, 0.2) is 0 Å². The van der Waals surface area contributed by atoms with E-state index in [1.54, 1.807) is 24.4 Å². The molecule has 2 fully saturated rings. The van der Waals surface area contributed by atoms with Gasteiger partial charge in [-0.2, -0.15) is 0 Å². The highest BCUT2D eigenvalue weighted by molar-refractivity contribution is 6.02. The molecule has 6 heteroatoms. The van der Waals surface area contributed by atoms with Gasteiger partial charge in [0, 0.05) is 40.7 Å². The molecule has 4 nitrogen and oxygen atoms in total. The van der Waals surface area contributed by atoms with E-state index in [2.05, 4.69) is 18.3 Å². The lowest BCUT2D eigenvalue weighted by Crippen LogP contribution is -2.47. The van der Waals surface area contributed by atoms with E-state index < -0.39 is 11.6 Å². The third-order valence-electron chi connectivity index (χ3n) is 8.15. The molecule has 0 radical (unpaired) electrons. The Morgan fingerprint density at radius 2 is 2.00 bits per heavy atom. The maximum absolute atomic E-state index is 14.1. The minimum atomic E-state index is -0.688. The average molecular weight is 475 g/mol. The van der Waals surface area contributed by atoms with Crippen molar-refractivity contribution in [2.75, 3.05) is 5.32 Å². The summed E-state index contributed by atoms with van der Waals surface area (Å²) in [6.45, 7) is 2.33. The van der Waals surface area contributed by atoms with Crippen LogP contribution in [0, 0.1) is 28.4 Å². The van der Waals surface area contributed by atoms with E-state index in [1.165, 1.54) is 35.1 Å². The molecule has 4 aliphatic carbocycles. The van der Waals surface area contributed by atoms with E-state index in [0.717, 1.165) is 25.3 Å². The Bertz CT molecular complexity index is 1460. The summed E-state index contributed by atoms with van der Waals surface area (Å²) >= 11 is 0. The monoisotopic (exact) mass is 474 g/mol. The van der Waals surface area contributed by atoms with Crippen LogP contribution in [0.1, 0.15) is 51.0 Å². The fourth-order valence-electron chi connectivity index (χ4n) is 7.38. The largest absolute Gasteiger partial charge is 0.325 e. The lowest BCUT2D eigenvalue weighted by atomic mass is 9.48. The number of nitrogens with zero attached hydrogens (tertiary/aromatic N) is 1. The molecule has 180 valence electrons. The Kier molecular flexibility index (Phi) is 4.99. The number of carbonyl (C=O) groups is 1. The van der Waals surface area contributed by atoms with Crippen molar-refractivity contribution in [2.45, 2.75) is 52.0 Å². The standard InChI is InChI=1S/C29H28F2N2O2/c1-28-11-18-9-19(12-28)14-29(13-18,17-28)15-26(34)32-25-4-2-3-23-22(25)7-8-33(27(23)35)16-20-5-6-21(30)10-24(20)31/h2-8,10-11,19H,9,12-17H2,1H3,(H,32,34). The molecule has 4 bridgehead atoms. The molecule has 0 spiro atoms. The molecular weight excluding hydrogens is 446 g/mol. The van der Waals surface area contributed by atoms with Gasteiger partial charge in [-0.25, -0.2) is 8.78 Å². The summed E-state index contributed by atoms with van der Waals surface area (Å²) in [7, 11) is 0. The highest BCUT2D eigenvalue weighted by atomic mass is 19.1. The van der Waals surface area contributed by atoms with Gasteiger partial charge in [-0.05, 0) is 73.1 Å². The van der Waals surface area contributed by atoms with Crippen LogP contribution in [0.3, 0.4) is 0 Å². The molecule has 1 heterocycles. The van der Waals surface area contributed by atoms with Crippen LogP contribution in [0.4, 0.5) is 14.5 Å². The van der Waals surface area contributed by atoms with E-state index in [0.29, 0.717) is 28.8 Å². The predicted octanol–water partition coefficient (Wildman–Crippen LogP) is 6.18. The maximum atomic E-state index is 14.1. The van der Waals surface area contributed by atoms with Crippen LogP contribution in [0.5, 0.6) is 0 Å². The Morgan fingerprint density at radius 3 is 2.77 bits per heavy atom. The number of anilines is 1. The van der Waals surface area contributed by atoms with Crippen molar-refractivity contribution in [2.24, 2.45) is 16.7 Å². The zero-order valence-electron chi connectivity index (χ0n) is 19.7. The van der Waals surface area contributed by atoms with Gasteiger partial charge in [-0.15, -0.1) is 0 Å². The molecule has 2 saturated carbocycles. The summed E-state index contributed by atoms with van der Waals surface area (Å²) in [5.41, 5.74) is 2.35. The predicted molar refractivity (Wildman–Crippen MR) is 132 cm³/mol. The zero-order valence-corrected chi connectivity index (χ0v) is 19.7. The molecule has 2 aromatic carbocycles. The Hall–Kier alpha value is -3.28. The number of halogens is 2. The van der Waals surface area contributed by atoms with Crippen molar-refractivity contribution in [3.63, 3.8) is 0 Å². The summed E-state index contributed by atoms with van der Waals surface area (Å²) < 4.78 is 28.7. The number of nitrogens with one attached hydrogen (secondary N) is 1. The molecule has 1 N–H and O–H groups in total. The molecule has 1 amide bonds. The highest BCUT2D eigenvalue weighted by Crippen LogP contribution is 2.63. The fraction of sp³-hybridized carbons (Fsp3) is 0.379. The van der Waals surface area contributed by atoms with Crippen molar-refractivity contribution in [1.82, 2.24) is 4.57 Å². The van der Waals surface area contributed by atoms with Gasteiger partial charge in [0.05, 0.1) is 6.54 Å². The van der Waals surface area contributed by atoms with Crippen LogP contribution >= 0.6 is 0 Å². The van der Waals surface area contributed by atoms with Crippen molar-refractivity contribution in [3.8, 4) is 0 Å². The van der Waals surface area contributed by atoms with E-state index in [1.807, 2.05) is 6.07 Å².